The SMILES string of the molecule is CC1(N(C(=O)OCc2ccccc2)c2nc(CC(=O)O)cs2)CCCC1. The third-order valence-electron chi connectivity index (χ3n) is 4.67. The van der Waals surface area contributed by atoms with E-state index >= 15 is 0 Å². The fourth-order valence-electron chi connectivity index (χ4n) is 3.31. The first-order valence-corrected chi connectivity index (χ1v) is 9.53. The predicted octanol–water partition coefficient (Wildman–Crippen LogP) is 4.25. The highest BCUT2D eigenvalue weighted by molar-refractivity contribution is 7.14. The number of carboxylic acids is 1. The maximum absolute atomic E-state index is 12.9. The van der Waals surface area contributed by atoms with E-state index < -0.39 is 12.1 Å². The Morgan fingerprint density at radius 2 is 1.96 bits per heavy atom. The van der Waals surface area contributed by atoms with Crippen molar-refractivity contribution >= 4 is 28.5 Å². The minimum atomic E-state index is -0.938. The number of carbonyl (C=O) groups excluding carboxylic acids is 1. The van der Waals surface area contributed by atoms with Crippen LogP contribution in [0.15, 0.2) is 35.7 Å². The minimum absolute atomic E-state index is 0.153. The van der Waals surface area contributed by atoms with Crippen molar-refractivity contribution in [1.82, 2.24) is 4.98 Å². The summed E-state index contributed by atoms with van der Waals surface area (Å²) in [5, 5.41) is 11.2. The van der Waals surface area contributed by atoms with Gasteiger partial charge >= 0.3 is 12.1 Å². The summed E-state index contributed by atoms with van der Waals surface area (Å²) in [5.74, 6) is -0.938. The van der Waals surface area contributed by atoms with E-state index in [1.54, 1.807) is 10.3 Å². The lowest BCUT2D eigenvalue weighted by atomic mass is 9.99. The van der Waals surface area contributed by atoms with Crippen LogP contribution in [0.25, 0.3) is 0 Å². The summed E-state index contributed by atoms with van der Waals surface area (Å²) in [6, 6.07) is 9.53. The van der Waals surface area contributed by atoms with Crippen LogP contribution in [0, 0.1) is 0 Å². The molecule has 0 atom stereocenters. The largest absolute Gasteiger partial charge is 0.481 e. The Hall–Kier alpha value is -2.41. The molecular weight excluding hydrogens is 352 g/mol. The summed E-state index contributed by atoms with van der Waals surface area (Å²) in [5.41, 5.74) is 1.02. The third-order valence-corrected chi connectivity index (χ3v) is 5.55. The van der Waals surface area contributed by atoms with Crippen LogP contribution in [0.1, 0.15) is 43.9 Å². The van der Waals surface area contributed by atoms with Gasteiger partial charge in [-0.1, -0.05) is 43.2 Å². The normalized spacial score (nSPS) is 15.6. The number of carbonyl (C=O) groups is 2. The molecule has 1 fully saturated rings. The molecule has 138 valence electrons. The molecule has 2 aromatic rings. The number of carboxylic acid groups (broad SMARTS) is 1. The quantitative estimate of drug-likeness (QED) is 0.818. The number of hydrogen-bond acceptors (Lipinski definition) is 5. The van der Waals surface area contributed by atoms with Crippen LogP contribution in [-0.4, -0.2) is 27.7 Å². The first kappa shape index (κ1) is 18.4. The second-order valence-electron chi connectivity index (χ2n) is 6.77. The Balaban J connectivity index is 1.80. The zero-order valence-corrected chi connectivity index (χ0v) is 15.5. The third kappa shape index (κ3) is 4.22. The number of hydrogen-bond donors (Lipinski definition) is 1. The average Bonchev–Trinajstić information content (AvgIpc) is 3.23. The van der Waals surface area contributed by atoms with Crippen molar-refractivity contribution in [3.63, 3.8) is 0 Å². The Labute approximate surface area is 156 Å². The van der Waals surface area contributed by atoms with Gasteiger partial charge in [0.15, 0.2) is 5.13 Å². The Bertz CT molecular complexity index is 769. The Morgan fingerprint density at radius 3 is 2.62 bits per heavy atom. The van der Waals surface area contributed by atoms with Crippen LogP contribution < -0.4 is 4.90 Å². The van der Waals surface area contributed by atoms with Crippen molar-refractivity contribution in [2.75, 3.05) is 4.90 Å². The Kier molecular flexibility index (Phi) is 5.56. The van der Waals surface area contributed by atoms with Gasteiger partial charge in [0.1, 0.15) is 6.61 Å². The molecule has 0 aliphatic heterocycles. The van der Waals surface area contributed by atoms with Crippen LogP contribution in [0.5, 0.6) is 0 Å². The van der Waals surface area contributed by atoms with Crippen LogP contribution >= 0.6 is 11.3 Å². The highest BCUT2D eigenvalue weighted by Gasteiger charge is 2.41. The molecule has 1 amide bonds. The van der Waals surface area contributed by atoms with Gasteiger partial charge in [-0.2, -0.15) is 0 Å². The number of amides is 1. The second-order valence-corrected chi connectivity index (χ2v) is 7.61. The van der Waals surface area contributed by atoms with Crippen LogP contribution in [-0.2, 0) is 22.6 Å². The summed E-state index contributed by atoms with van der Waals surface area (Å²) < 4.78 is 5.55. The van der Waals surface area contributed by atoms with E-state index in [1.807, 2.05) is 37.3 Å². The lowest BCUT2D eigenvalue weighted by Crippen LogP contribution is -2.48. The molecule has 1 aliphatic rings. The highest BCUT2D eigenvalue weighted by Crippen LogP contribution is 2.39. The molecule has 0 bridgehead atoms. The van der Waals surface area contributed by atoms with Gasteiger partial charge in [0.25, 0.3) is 0 Å². The molecule has 1 heterocycles. The zero-order chi connectivity index (χ0) is 18.6. The van der Waals surface area contributed by atoms with Crippen LogP contribution in [0.3, 0.4) is 0 Å². The number of ether oxygens (including phenoxy) is 1. The van der Waals surface area contributed by atoms with E-state index in [0.29, 0.717) is 10.8 Å². The Morgan fingerprint density at radius 1 is 1.27 bits per heavy atom. The van der Waals surface area contributed by atoms with E-state index in [4.69, 9.17) is 9.84 Å². The molecule has 0 unspecified atom stereocenters. The molecule has 1 saturated carbocycles. The van der Waals surface area contributed by atoms with E-state index in [1.165, 1.54) is 11.3 Å². The van der Waals surface area contributed by atoms with Crippen LogP contribution in [0.4, 0.5) is 9.93 Å². The van der Waals surface area contributed by atoms with Crippen molar-refractivity contribution < 1.29 is 19.4 Å². The monoisotopic (exact) mass is 374 g/mol. The fraction of sp³-hybridized carbons (Fsp3) is 0.421. The molecule has 1 aliphatic carbocycles. The molecule has 7 heteroatoms. The van der Waals surface area contributed by atoms with Gasteiger partial charge in [-0.25, -0.2) is 14.7 Å². The summed E-state index contributed by atoms with van der Waals surface area (Å²) >= 11 is 1.29. The first-order chi connectivity index (χ1) is 12.5. The number of aromatic nitrogens is 1. The number of nitrogens with zero attached hydrogens (tertiary/aromatic N) is 2. The average molecular weight is 374 g/mol. The van der Waals surface area contributed by atoms with Gasteiger partial charge in [-0.3, -0.25) is 4.79 Å². The molecule has 1 aromatic carbocycles. The second kappa shape index (κ2) is 7.86. The van der Waals surface area contributed by atoms with E-state index in [-0.39, 0.29) is 18.6 Å². The lowest BCUT2D eigenvalue weighted by molar-refractivity contribution is -0.136. The van der Waals surface area contributed by atoms with Gasteiger partial charge in [0.2, 0.25) is 0 Å². The molecule has 0 saturated heterocycles. The molecule has 1 aromatic heterocycles. The van der Waals surface area contributed by atoms with E-state index in [9.17, 15) is 9.59 Å². The van der Waals surface area contributed by atoms with E-state index in [0.717, 1.165) is 31.2 Å². The van der Waals surface area contributed by atoms with Gasteiger partial charge < -0.3 is 9.84 Å². The number of benzene rings is 1. The van der Waals surface area contributed by atoms with Crippen molar-refractivity contribution in [2.45, 2.75) is 51.2 Å². The highest BCUT2D eigenvalue weighted by atomic mass is 32.1. The summed E-state index contributed by atoms with van der Waals surface area (Å²) in [6.07, 6.45) is 3.26. The first-order valence-electron chi connectivity index (χ1n) is 8.65. The molecule has 6 nitrogen and oxygen atoms in total. The van der Waals surface area contributed by atoms with Gasteiger partial charge in [-0.05, 0) is 25.3 Å². The summed E-state index contributed by atoms with van der Waals surface area (Å²) in [6.45, 7) is 2.24. The number of aliphatic carboxylic acids is 1. The lowest BCUT2D eigenvalue weighted by Gasteiger charge is -2.35. The zero-order valence-electron chi connectivity index (χ0n) is 14.7. The van der Waals surface area contributed by atoms with Crippen molar-refractivity contribution in [1.29, 1.82) is 0 Å². The fourth-order valence-corrected chi connectivity index (χ4v) is 4.26. The number of anilines is 1. The molecule has 0 radical (unpaired) electrons. The minimum Gasteiger partial charge on any atom is -0.481 e. The summed E-state index contributed by atoms with van der Waals surface area (Å²) in [7, 11) is 0. The molecule has 3 rings (SSSR count). The predicted molar refractivity (Wildman–Crippen MR) is 99.4 cm³/mol. The standard InChI is InChI=1S/C19H22N2O4S/c1-19(9-5-6-10-19)21(17-20-15(13-26-17)11-16(22)23)18(24)25-12-14-7-3-2-4-8-14/h2-4,7-8,13H,5-6,9-12H2,1H3,(H,22,23). The van der Waals surface area contributed by atoms with Gasteiger partial charge in [0.05, 0.1) is 17.7 Å². The maximum Gasteiger partial charge on any atom is 0.416 e. The smallest absolute Gasteiger partial charge is 0.416 e. The topological polar surface area (TPSA) is 79.7 Å². The van der Waals surface area contributed by atoms with Gasteiger partial charge in [-0.15, -0.1) is 11.3 Å². The molecule has 1 N–H and O–H groups in total. The molecular formula is C19H22N2O4S. The molecule has 26 heavy (non-hydrogen) atoms. The van der Waals surface area contributed by atoms with E-state index in [2.05, 4.69) is 4.98 Å². The van der Waals surface area contributed by atoms with Crippen molar-refractivity contribution in [3.05, 3.63) is 47.0 Å². The number of rotatable bonds is 6. The maximum atomic E-state index is 12.9. The van der Waals surface area contributed by atoms with Crippen LogP contribution in [0.2, 0.25) is 0 Å². The summed E-state index contributed by atoms with van der Waals surface area (Å²) in [4.78, 5) is 29.8. The van der Waals surface area contributed by atoms with Crippen molar-refractivity contribution in [3.8, 4) is 0 Å². The van der Waals surface area contributed by atoms with Crippen molar-refractivity contribution in [2.24, 2.45) is 0 Å². The number of thiazole rings is 1. The van der Waals surface area contributed by atoms with Gasteiger partial charge in [0, 0.05) is 5.38 Å². The molecule has 0 spiro atoms.